The van der Waals surface area contributed by atoms with Crippen molar-refractivity contribution in [2.75, 3.05) is 19.5 Å². The molecule has 8 heteroatoms. The van der Waals surface area contributed by atoms with Crippen molar-refractivity contribution in [3.63, 3.8) is 0 Å². The Balaban J connectivity index is 1.85. The zero-order valence-corrected chi connectivity index (χ0v) is 20.0. The van der Waals surface area contributed by atoms with Crippen LogP contribution in [0.15, 0.2) is 34.2 Å². The van der Waals surface area contributed by atoms with Gasteiger partial charge in [0, 0.05) is 48.8 Å². The van der Waals surface area contributed by atoms with Crippen LogP contribution in [-0.4, -0.2) is 39.4 Å². The zero-order chi connectivity index (χ0) is 22.5. The quantitative estimate of drug-likeness (QED) is 0.186. The zero-order valence-electron chi connectivity index (χ0n) is 18.4. The molecule has 3 aromatic rings. The van der Waals surface area contributed by atoms with E-state index in [1.165, 1.54) is 11.8 Å². The maximum atomic E-state index is 13.0. The second kappa shape index (κ2) is 10.5. The Bertz CT molecular complexity index is 1150. The highest BCUT2D eigenvalue weighted by Gasteiger charge is 2.18. The molecule has 166 valence electrons. The molecule has 0 aliphatic rings. The van der Waals surface area contributed by atoms with Crippen LogP contribution >= 0.6 is 23.4 Å². The molecule has 0 amide bonds. The summed E-state index contributed by atoms with van der Waals surface area (Å²) in [5, 5.41) is 1.61. The minimum Gasteiger partial charge on any atom is -0.385 e. The van der Waals surface area contributed by atoms with E-state index < -0.39 is 0 Å². The molecular weight excluding hydrogens is 434 g/mol. The first-order valence-electron chi connectivity index (χ1n) is 10.4. The molecule has 31 heavy (non-hydrogen) atoms. The Kier molecular flexibility index (Phi) is 7.97. The third-order valence-electron chi connectivity index (χ3n) is 5.27. The van der Waals surface area contributed by atoms with Gasteiger partial charge in [0.2, 0.25) is 0 Å². The highest BCUT2D eigenvalue weighted by Crippen LogP contribution is 2.23. The number of methoxy groups -OCH3 is 1. The van der Waals surface area contributed by atoms with E-state index in [4.69, 9.17) is 16.3 Å². The number of hydrogen-bond donors (Lipinski definition) is 0. The molecule has 1 aromatic carbocycles. The van der Waals surface area contributed by atoms with Crippen LogP contribution in [0.1, 0.15) is 41.5 Å². The molecule has 0 unspecified atom stereocenters. The van der Waals surface area contributed by atoms with Gasteiger partial charge in [0.05, 0.1) is 16.7 Å². The molecule has 0 radical (unpaired) electrons. The number of aryl methyl sites for hydroxylation is 1. The Hall–Kier alpha value is -2.09. The van der Waals surface area contributed by atoms with Gasteiger partial charge >= 0.3 is 0 Å². The van der Waals surface area contributed by atoms with E-state index in [0.717, 1.165) is 36.3 Å². The second-order valence-electron chi connectivity index (χ2n) is 7.51. The lowest BCUT2D eigenvalue weighted by atomic mass is 10.2. The maximum absolute atomic E-state index is 13.0. The molecule has 0 aliphatic carbocycles. The number of ether oxygens (including phenoxy) is 1. The average molecular weight is 462 g/mol. The van der Waals surface area contributed by atoms with Crippen molar-refractivity contribution in [2.45, 2.75) is 51.9 Å². The topological polar surface area (TPSA) is 66.1 Å². The number of rotatable bonds is 10. The lowest BCUT2D eigenvalue weighted by Gasteiger charge is -2.12. The second-order valence-corrected chi connectivity index (χ2v) is 8.89. The summed E-state index contributed by atoms with van der Waals surface area (Å²) in [6.45, 7) is 8.04. The van der Waals surface area contributed by atoms with Crippen LogP contribution in [0.2, 0.25) is 5.02 Å². The summed E-state index contributed by atoms with van der Waals surface area (Å²) < 4.78 is 8.94. The van der Waals surface area contributed by atoms with Crippen LogP contribution < -0.4 is 5.56 Å². The summed E-state index contributed by atoms with van der Waals surface area (Å²) >= 11 is 7.39. The summed E-state index contributed by atoms with van der Waals surface area (Å²) in [5.41, 5.74) is 3.19. The minimum absolute atomic E-state index is 0.0274. The molecule has 0 saturated carbocycles. The summed E-state index contributed by atoms with van der Waals surface area (Å²) in [6, 6.07) is 7.03. The number of benzene rings is 1. The molecule has 3 rings (SSSR count). The van der Waals surface area contributed by atoms with Crippen LogP contribution in [0, 0.1) is 13.8 Å². The Labute approximate surface area is 191 Å². The highest BCUT2D eigenvalue weighted by molar-refractivity contribution is 7.99. The third kappa shape index (κ3) is 5.22. The minimum atomic E-state index is -0.102. The van der Waals surface area contributed by atoms with Gasteiger partial charge in [-0.1, -0.05) is 30.3 Å². The standard InChI is InChI=1S/C23H28ClN3O3S/c1-5-9-27-22(29)18-8-7-17(24)13-20(18)25-23(27)31-14-21(28)19-12-15(2)26(16(19)3)10-6-11-30-4/h7-8,12-13H,5-6,9-11,14H2,1-4H3. The molecule has 2 aromatic heterocycles. The summed E-state index contributed by atoms with van der Waals surface area (Å²) in [5.74, 6) is 0.240. The fraction of sp³-hybridized carbons (Fsp3) is 0.435. The Morgan fingerprint density at radius 1 is 1.19 bits per heavy atom. The van der Waals surface area contributed by atoms with Crippen molar-refractivity contribution in [3.8, 4) is 0 Å². The molecule has 0 N–H and O–H groups in total. The molecule has 2 heterocycles. The van der Waals surface area contributed by atoms with E-state index in [-0.39, 0.29) is 17.1 Å². The van der Waals surface area contributed by atoms with Gasteiger partial charge in [-0.15, -0.1) is 0 Å². The number of carbonyl (C=O) groups is 1. The lowest BCUT2D eigenvalue weighted by molar-refractivity contribution is 0.102. The van der Waals surface area contributed by atoms with Gasteiger partial charge in [0.1, 0.15) is 0 Å². The van der Waals surface area contributed by atoms with Crippen LogP contribution in [0.5, 0.6) is 0 Å². The maximum Gasteiger partial charge on any atom is 0.262 e. The van der Waals surface area contributed by atoms with Gasteiger partial charge < -0.3 is 9.30 Å². The Morgan fingerprint density at radius 2 is 1.97 bits per heavy atom. The molecular formula is C23H28ClN3O3S. The molecule has 0 fully saturated rings. The average Bonchev–Trinajstić information content (AvgIpc) is 3.02. The van der Waals surface area contributed by atoms with Crippen molar-refractivity contribution in [1.82, 2.24) is 14.1 Å². The number of Topliss-reactive ketones (excluding diaryl/α,β-unsaturated/α-hetero) is 1. The lowest BCUT2D eigenvalue weighted by Crippen LogP contribution is -2.23. The van der Waals surface area contributed by atoms with Gasteiger partial charge in [0.25, 0.3) is 5.56 Å². The van der Waals surface area contributed by atoms with Gasteiger partial charge in [-0.2, -0.15) is 0 Å². The number of aromatic nitrogens is 3. The number of hydrogen-bond acceptors (Lipinski definition) is 5. The molecule has 0 spiro atoms. The molecule has 0 saturated heterocycles. The van der Waals surface area contributed by atoms with Crippen LogP contribution in [0.25, 0.3) is 10.9 Å². The molecule has 0 aliphatic heterocycles. The molecule has 0 atom stereocenters. The predicted octanol–water partition coefficient (Wildman–Crippen LogP) is 4.89. The van der Waals surface area contributed by atoms with Gasteiger partial charge in [-0.3, -0.25) is 14.2 Å². The Morgan fingerprint density at radius 3 is 2.68 bits per heavy atom. The monoisotopic (exact) mass is 461 g/mol. The van der Waals surface area contributed by atoms with Gasteiger partial charge in [-0.25, -0.2) is 4.98 Å². The first-order chi connectivity index (χ1) is 14.9. The number of nitrogens with zero attached hydrogens (tertiary/aromatic N) is 3. The van der Waals surface area contributed by atoms with E-state index in [0.29, 0.717) is 34.2 Å². The van der Waals surface area contributed by atoms with Crippen LogP contribution in [-0.2, 0) is 17.8 Å². The fourth-order valence-electron chi connectivity index (χ4n) is 3.71. The van der Waals surface area contributed by atoms with Gasteiger partial charge in [-0.05, 0) is 51.0 Å². The van der Waals surface area contributed by atoms with Crippen molar-refractivity contribution in [2.24, 2.45) is 0 Å². The van der Waals surface area contributed by atoms with Crippen molar-refractivity contribution in [3.05, 3.63) is 56.6 Å². The summed E-state index contributed by atoms with van der Waals surface area (Å²) in [7, 11) is 1.69. The number of ketones is 1. The summed E-state index contributed by atoms with van der Waals surface area (Å²) in [6.07, 6.45) is 1.69. The van der Waals surface area contributed by atoms with Crippen molar-refractivity contribution in [1.29, 1.82) is 0 Å². The third-order valence-corrected chi connectivity index (χ3v) is 6.48. The smallest absolute Gasteiger partial charge is 0.262 e. The van der Waals surface area contributed by atoms with Crippen molar-refractivity contribution >= 4 is 40.0 Å². The first kappa shape index (κ1) is 23.6. The van der Waals surface area contributed by atoms with Crippen molar-refractivity contribution < 1.29 is 9.53 Å². The number of thioether (sulfide) groups is 1. The fourth-order valence-corrected chi connectivity index (χ4v) is 4.78. The van der Waals surface area contributed by atoms with Crippen LogP contribution in [0.4, 0.5) is 0 Å². The number of carbonyl (C=O) groups excluding carboxylic acids is 1. The predicted molar refractivity (Wildman–Crippen MR) is 127 cm³/mol. The largest absolute Gasteiger partial charge is 0.385 e. The van der Waals surface area contributed by atoms with E-state index in [1.54, 1.807) is 29.9 Å². The van der Waals surface area contributed by atoms with E-state index >= 15 is 0 Å². The summed E-state index contributed by atoms with van der Waals surface area (Å²) in [4.78, 5) is 30.6. The SMILES string of the molecule is CCCn1c(SCC(=O)c2cc(C)n(CCCOC)c2C)nc2cc(Cl)ccc2c1=O. The van der Waals surface area contributed by atoms with E-state index in [9.17, 15) is 9.59 Å². The van der Waals surface area contributed by atoms with Crippen LogP contribution in [0.3, 0.4) is 0 Å². The first-order valence-corrected chi connectivity index (χ1v) is 11.8. The van der Waals surface area contributed by atoms with E-state index in [2.05, 4.69) is 9.55 Å². The number of halogens is 1. The number of fused-ring (bicyclic) bond motifs is 1. The normalized spacial score (nSPS) is 11.4. The molecule has 0 bridgehead atoms. The van der Waals surface area contributed by atoms with Gasteiger partial charge in [0.15, 0.2) is 10.9 Å². The molecule has 6 nitrogen and oxygen atoms in total. The highest BCUT2D eigenvalue weighted by atomic mass is 35.5. The van der Waals surface area contributed by atoms with E-state index in [1.807, 2.05) is 26.8 Å².